The Morgan fingerprint density at radius 3 is 2.72 bits per heavy atom. The number of hydrogen-bond acceptors (Lipinski definition) is 4. The smallest absolute Gasteiger partial charge is 0.338 e. The minimum Gasteiger partial charge on any atom is -0.495 e. The van der Waals surface area contributed by atoms with Gasteiger partial charge >= 0.3 is 5.97 Å². The van der Waals surface area contributed by atoms with Crippen molar-refractivity contribution in [1.29, 1.82) is 0 Å². The highest BCUT2D eigenvalue weighted by molar-refractivity contribution is 5.90. The molecule has 0 aliphatic carbocycles. The Labute approximate surface area is 108 Å². The molecule has 1 aromatic rings. The van der Waals surface area contributed by atoms with Crippen molar-refractivity contribution in [2.45, 2.75) is 32.6 Å². The van der Waals surface area contributed by atoms with E-state index in [-0.39, 0.29) is 5.97 Å². The second kappa shape index (κ2) is 7.58. The Morgan fingerprint density at radius 2 is 2.06 bits per heavy atom. The fourth-order valence-corrected chi connectivity index (χ4v) is 1.62. The van der Waals surface area contributed by atoms with Gasteiger partial charge in [-0.1, -0.05) is 26.2 Å². The van der Waals surface area contributed by atoms with Crippen LogP contribution in [0.3, 0.4) is 0 Å². The SMILES string of the molecule is CCCCCCOC(=O)c1ccc(N)c(OC)c1. The van der Waals surface area contributed by atoms with Gasteiger partial charge in [-0.25, -0.2) is 4.79 Å². The van der Waals surface area contributed by atoms with Gasteiger partial charge in [-0.3, -0.25) is 0 Å². The van der Waals surface area contributed by atoms with Gasteiger partial charge in [-0.05, 0) is 24.6 Å². The number of unbranched alkanes of at least 4 members (excludes halogenated alkanes) is 3. The van der Waals surface area contributed by atoms with Crippen molar-refractivity contribution in [3.8, 4) is 5.75 Å². The zero-order valence-corrected chi connectivity index (χ0v) is 11.1. The molecule has 0 atom stereocenters. The third-order valence-corrected chi connectivity index (χ3v) is 2.70. The summed E-state index contributed by atoms with van der Waals surface area (Å²) in [5, 5.41) is 0. The van der Waals surface area contributed by atoms with Crippen LogP contribution in [0.1, 0.15) is 43.0 Å². The molecule has 100 valence electrons. The maximum atomic E-state index is 11.7. The average Bonchev–Trinajstić information content (AvgIpc) is 2.38. The van der Waals surface area contributed by atoms with Crippen LogP contribution in [0.4, 0.5) is 5.69 Å². The van der Waals surface area contributed by atoms with Gasteiger partial charge in [0.15, 0.2) is 0 Å². The maximum Gasteiger partial charge on any atom is 0.338 e. The number of ether oxygens (including phenoxy) is 2. The normalized spacial score (nSPS) is 10.1. The molecule has 0 aliphatic rings. The Bertz CT molecular complexity index is 391. The largest absolute Gasteiger partial charge is 0.495 e. The second-order valence-electron chi connectivity index (χ2n) is 4.15. The highest BCUT2D eigenvalue weighted by Gasteiger charge is 2.09. The predicted octanol–water partition coefficient (Wildman–Crippen LogP) is 3.01. The molecule has 2 N–H and O–H groups in total. The molecular weight excluding hydrogens is 230 g/mol. The Hall–Kier alpha value is -1.71. The Balaban J connectivity index is 2.46. The van der Waals surface area contributed by atoms with Crippen LogP contribution in [0.25, 0.3) is 0 Å². The van der Waals surface area contributed by atoms with Gasteiger partial charge in [0.05, 0.1) is 25.0 Å². The Morgan fingerprint density at radius 1 is 1.28 bits per heavy atom. The first-order chi connectivity index (χ1) is 8.69. The molecular formula is C14H21NO3. The lowest BCUT2D eigenvalue weighted by Gasteiger charge is -2.08. The summed E-state index contributed by atoms with van der Waals surface area (Å²) in [6.07, 6.45) is 4.34. The number of rotatable bonds is 7. The van der Waals surface area contributed by atoms with E-state index in [2.05, 4.69) is 6.92 Å². The molecule has 0 aliphatic heterocycles. The Kier molecular flexibility index (Phi) is 6.05. The van der Waals surface area contributed by atoms with Gasteiger partial charge < -0.3 is 15.2 Å². The van der Waals surface area contributed by atoms with Crippen molar-refractivity contribution < 1.29 is 14.3 Å². The quantitative estimate of drug-likeness (QED) is 0.459. The fraction of sp³-hybridized carbons (Fsp3) is 0.500. The van der Waals surface area contributed by atoms with Crippen molar-refractivity contribution in [3.05, 3.63) is 23.8 Å². The first-order valence-corrected chi connectivity index (χ1v) is 6.29. The summed E-state index contributed by atoms with van der Waals surface area (Å²) in [6, 6.07) is 4.89. The summed E-state index contributed by atoms with van der Waals surface area (Å²) in [5.41, 5.74) is 6.66. The standard InChI is InChI=1S/C14H21NO3/c1-3-4-5-6-9-18-14(16)11-7-8-12(15)13(10-11)17-2/h7-8,10H,3-6,9,15H2,1-2H3. The van der Waals surface area contributed by atoms with Crippen LogP contribution in [-0.4, -0.2) is 19.7 Å². The lowest BCUT2D eigenvalue weighted by atomic mass is 10.2. The maximum absolute atomic E-state index is 11.7. The molecule has 4 nitrogen and oxygen atoms in total. The minimum absolute atomic E-state index is 0.329. The molecule has 0 bridgehead atoms. The number of methoxy groups -OCH3 is 1. The molecule has 0 saturated heterocycles. The molecule has 0 saturated carbocycles. The first kappa shape index (κ1) is 14.4. The molecule has 18 heavy (non-hydrogen) atoms. The topological polar surface area (TPSA) is 61.5 Å². The van der Waals surface area contributed by atoms with Gasteiger partial charge in [0.25, 0.3) is 0 Å². The van der Waals surface area contributed by atoms with E-state index in [1.807, 2.05) is 0 Å². The summed E-state index contributed by atoms with van der Waals surface area (Å²) in [7, 11) is 1.52. The number of carbonyl (C=O) groups is 1. The number of nitrogens with two attached hydrogens (primary N) is 1. The van der Waals surface area contributed by atoms with Gasteiger partial charge in [0.1, 0.15) is 5.75 Å². The van der Waals surface area contributed by atoms with Crippen molar-refractivity contribution in [2.24, 2.45) is 0 Å². The highest BCUT2D eigenvalue weighted by atomic mass is 16.5. The van der Waals surface area contributed by atoms with Crippen LogP contribution in [0.15, 0.2) is 18.2 Å². The molecule has 1 rings (SSSR count). The van der Waals surface area contributed by atoms with Crippen LogP contribution in [-0.2, 0) is 4.74 Å². The zero-order chi connectivity index (χ0) is 13.4. The number of carbonyl (C=O) groups excluding carboxylic acids is 1. The van der Waals surface area contributed by atoms with E-state index in [0.717, 1.165) is 12.8 Å². The third kappa shape index (κ3) is 4.28. The van der Waals surface area contributed by atoms with Crippen LogP contribution >= 0.6 is 0 Å². The molecule has 0 fully saturated rings. The van der Waals surface area contributed by atoms with Crippen LogP contribution in [0.2, 0.25) is 0 Å². The number of benzene rings is 1. The van der Waals surface area contributed by atoms with E-state index in [0.29, 0.717) is 23.6 Å². The summed E-state index contributed by atoms with van der Waals surface area (Å²) in [6.45, 7) is 2.61. The van der Waals surface area contributed by atoms with Crippen molar-refractivity contribution in [2.75, 3.05) is 19.5 Å². The monoisotopic (exact) mass is 251 g/mol. The lowest BCUT2D eigenvalue weighted by molar-refractivity contribution is 0.0497. The highest BCUT2D eigenvalue weighted by Crippen LogP contribution is 2.22. The summed E-state index contributed by atoms with van der Waals surface area (Å²) >= 11 is 0. The van der Waals surface area contributed by atoms with Gasteiger partial charge in [-0.15, -0.1) is 0 Å². The van der Waals surface area contributed by atoms with Crippen LogP contribution < -0.4 is 10.5 Å². The van der Waals surface area contributed by atoms with Crippen LogP contribution in [0.5, 0.6) is 5.75 Å². The van der Waals surface area contributed by atoms with Crippen molar-refractivity contribution in [3.63, 3.8) is 0 Å². The van der Waals surface area contributed by atoms with Crippen molar-refractivity contribution in [1.82, 2.24) is 0 Å². The summed E-state index contributed by atoms with van der Waals surface area (Å²) in [5.74, 6) is 0.167. The third-order valence-electron chi connectivity index (χ3n) is 2.70. The van der Waals surface area contributed by atoms with Crippen molar-refractivity contribution >= 4 is 11.7 Å². The minimum atomic E-state index is -0.329. The summed E-state index contributed by atoms with van der Waals surface area (Å²) < 4.78 is 10.2. The number of anilines is 1. The second-order valence-corrected chi connectivity index (χ2v) is 4.15. The van der Waals surface area contributed by atoms with Gasteiger partial charge in [0, 0.05) is 0 Å². The zero-order valence-electron chi connectivity index (χ0n) is 11.1. The van der Waals surface area contributed by atoms with E-state index in [4.69, 9.17) is 15.2 Å². The van der Waals surface area contributed by atoms with Gasteiger partial charge in [0.2, 0.25) is 0 Å². The molecule has 0 radical (unpaired) electrons. The van der Waals surface area contributed by atoms with Gasteiger partial charge in [-0.2, -0.15) is 0 Å². The summed E-state index contributed by atoms with van der Waals surface area (Å²) in [4.78, 5) is 11.7. The van der Waals surface area contributed by atoms with E-state index in [1.165, 1.54) is 20.0 Å². The predicted molar refractivity (Wildman–Crippen MR) is 71.8 cm³/mol. The fourth-order valence-electron chi connectivity index (χ4n) is 1.62. The van der Waals surface area contributed by atoms with E-state index < -0.39 is 0 Å². The molecule has 0 amide bonds. The molecule has 0 spiro atoms. The van der Waals surface area contributed by atoms with E-state index in [9.17, 15) is 4.79 Å². The van der Waals surface area contributed by atoms with E-state index in [1.54, 1.807) is 18.2 Å². The molecule has 0 unspecified atom stereocenters. The molecule has 0 heterocycles. The number of hydrogen-bond donors (Lipinski definition) is 1. The first-order valence-electron chi connectivity index (χ1n) is 6.29. The van der Waals surface area contributed by atoms with E-state index >= 15 is 0 Å². The molecule has 4 heteroatoms. The number of nitrogen functional groups attached to an aromatic ring is 1. The molecule has 1 aromatic carbocycles. The lowest BCUT2D eigenvalue weighted by Crippen LogP contribution is -2.07. The molecule has 0 aromatic heterocycles. The van der Waals surface area contributed by atoms with Crippen LogP contribution in [0, 0.1) is 0 Å². The average molecular weight is 251 g/mol. The number of esters is 1.